The lowest BCUT2D eigenvalue weighted by Gasteiger charge is -2.34. The van der Waals surface area contributed by atoms with Crippen LogP contribution < -0.4 is 0 Å². The Morgan fingerprint density at radius 3 is 1.68 bits per heavy atom. The quantitative estimate of drug-likeness (QED) is 0.475. The third-order valence-electron chi connectivity index (χ3n) is 8.08. The fraction of sp³-hybridized carbons (Fsp3) is 0.643. The van der Waals surface area contributed by atoms with E-state index in [-0.39, 0.29) is 0 Å². The number of benzene rings is 2. The second-order valence-electron chi connectivity index (χ2n) is 9.99. The van der Waals surface area contributed by atoms with Crippen molar-refractivity contribution < 1.29 is 0 Å². The summed E-state index contributed by atoms with van der Waals surface area (Å²) in [5, 5.41) is 2.83. The lowest BCUT2D eigenvalue weighted by molar-refractivity contribution is 0.189. The van der Waals surface area contributed by atoms with Crippen molar-refractivity contribution >= 4 is 10.8 Å². The predicted octanol–water partition coefficient (Wildman–Crippen LogP) is 8.36. The standard InChI is InChI=1S/C28H40/c1-3-21-5-7-23(8-6-21)17-24-9-11-25(12-10-24)18-26-14-16-27-19-22(4-2)13-15-28(27)20-26/h13-16,19-21,23-25H,3-12,17-18H2,1-2H3. The largest absolute Gasteiger partial charge is 0.0651 e. The first-order chi connectivity index (χ1) is 13.7. The maximum absolute atomic E-state index is 2.45. The van der Waals surface area contributed by atoms with Gasteiger partial charge < -0.3 is 0 Å². The molecule has 0 atom stereocenters. The van der Waals surface area contributed by atoms with Crippen LogP contribution in [-0.2, 0) is 12.8 Å². The van der Waals surface area contributed by atoms with Crippen LogP contribution in [0.25, 0.3) is 10.8 Å². The summed E-state index contributed by atoms with van der Waals surface area (Å²) < 4.78 is 0. The Hall–Kier alpha value is -1.30. The molecule has 0 heteroatoms. The molecule has 0 amide bonds. The zero-order chi connectivity index (χ0) is 19.3. The van der Waals surface area contributed by atoms with Crippen LogP contribution in [0.5, 0.6) is 0 Å². The van der Waals surface area contributed by atoms with Crippen molar-refractivity contribution in [2.45, 2.75) is 90.9 Å². The molecule has 0 aliphatic heterocycles. The number of hydrogen-bond acceptors (Lipinski definition) is 0. The Bertz CT molecular complexity index is 742. The predicted molar refractivity (Wildman–Crippen MR) is 123 cm³/mol. The summed E-state index contributed by atoms with van der Waals surface area (Å²) in [6, 6.07) is 14.2. The van der Waals surface area contributed by atoms with E-state index >= 15 is 0 Å². The minimum atomic E-state index is 0.916. The number of rotatable bonds is 6. The molecule has 0 spiro atoms. The van der Waals surface area contributed by atoms with Crippen LogP contribution in [-0.4, -0.2) is 0 Å². The van der Waals surface area contributed by atoms with Crippen LogP contribution in [0.4, 0.5) is 0 Å². The van der Waals surface area contributed by atoms with E-state index < -0.39 is 0 Å². The number of aryl methyl sites for hydroxylation is 1. The molecule has 2 aromatic rings. The van der Waals surface area contributed by atoms with Gasteiger partial charge in [-0.15, -0.1) is 0 Å². The molecular formula is C28H40. The molecule has 0 bridgehead atoms. The molecule has 2 aliphatic rings. The topological polar surface area (TPSA) is 0 Å². The van der Waals surface area contributed by atoms with E-state index in [0.717, 1.165) is 30.1 Å². The summed E-state index contributed by atoms with van der Waals surface area (Å²) in [4.78, 5) is 0. The zero-order valence-corrected chi connectivity index (χ0v) is 18.3. The highest BCUT2D eigenvalue weighted by atomic mass is 14.3. The van der Waals surface area contributed by atoms with Crippen molar-refractivity contribution in [2.24, 2.45) is 23.7 Å². The van der Waals surface area contributed by atoms with Gasteiger partial charge in [0.25, 0.3) is 0 Å². The van der Waals surface area contributed by atoms with Crippen LogP contribution in [0.15, 0.2) is 36.4 Å². The molecule has 0 N–H and O–H groups in total. The highest BCUT2D eigenvalue weighted by Crippen LogP contribution is 2.39. The van der Waals surface area contributed by atoms with E-state index in [1.54, 1.807) is 12.0 Å². The Morgan fingerprint density at radius 2 is 1.11 bits per heavy atom. The first-order valence-electron chi connectivity index (χ1n) is 12.2. The smallest absolute Gasteiger partial charge is 0.0181 e. The van der Waals surface area contributed by atoms with Gasteiger partial charge in [-0.3, -0.25) is 0 Å². The second kappa shape index (κ2) is 9.47. The van der Waals surface area contributed by atoms with Gasteiger partial charge in [-0.25, -0.2) is 0 Å². The first-order valence-corrected chi connectivity index (χ1v) is 12.2. The monoisotopic (exact) mass is 376 g/mol. The summed E-state index contributed by atoms with van der Waals surface area (Å²) >= 11 is 0. The van der Waals surface area contributed by atoms with Gasteiger partial charge in [-0.05, 0) is 77.7 Å². The molecule has 152 valence electrons. The summed E-state index contributed by atoms with van der Waals surface area (Å²) in [5.41, 5.74) is 3.00. The van der Waals surface area contributed by atoms with Crippen molar-refractivity contribution in [3.05, 3.63) is 47.5 Å². The summed E-state index contributed by atoms with van der Waals surface area (Å²) in [6.45, 7) is 4.62. The molecule has 0 nitrogen and oxygen atoms in total. The minimum absolute atomic E-state index is 0.916. The molecule has 2 aromatic carbocycles. The van der Waals surface area contributed by atoms with Crippen molar-refractivity contribution in [3.63, 3.8) is 0 Å². The molecule has 4 rings (SSSR count). The van der Waals surface area contributed by atoms with Crippen LogP contribution >= 0.6 is 0 Å². The summed E-state index contributed by atoms with van der Waals surface area (Å²) in [6.07, 6.45) is 17.3. The van der Waals surface area contributed by atoms with Crippen molar-refractivity contribution in [3.8, 4) is 0 Å². The second-order valence-corrected chi connectivity index (χ2v) is 9.99. The fourth-order valence-electron chi connectivity index (χ4n) is 6.04. The van der Waals surface area contributed by atoms with Gasteiger partial charge >= 0.3 is 0 Å². The van der Waals surface area contributed by atoms with Gasteiger partial charge in [-0.2, -0.15) is 0 Å². The molecule has 28 heavy (non-hydrogen) atoms. The number of hydrogen-bond donors (Lipinski definition) is 0. The van der Waals surface area contributed by atoms with Crippen LogP contribution in [0.2, 0.25) is 0 Å². The van der Waals surface area contributed by atoms with E-state index in [4.69, 9.17) is 0 Å². The fourth-order valence-corrected chi connectivity index (χ4v) is 6.04. The van der Waals surface area contributed by atoms with Gasteiger partial charge in [-0.1, -0.05) is 95.2 Å². The molecule has 2 fully saturated rings. The highest BCUT2D eigenvalue weighted by molar-refractivity contribution is 5.83. The van der Waals surface area contributed by atoms with Crippen molar-refractivity contribution in [2.75, 3.05) is 0 Å². The number of fused-ring (bicyclic) bond motifs is 1. The maximum Gasteiger partial charge on any atom is -0.0181 e. The summed E-state index contributed by atoms with van der Waals surface area (Å²) in [7, 11) is 0. The molecule has 2 aliphatic carbocycles. The SMILES string of the molecule is CCc1ccc2cc(CC3CCC(CC4CCC(CC)CC4)CC3)ccc2c1. The van der Waals surface area contributed by atoms with Crippen LogP contribution in [0, 0.1) is 23.7 Å². The van der Waals surface area contributed by atoms with Gasteiger partial charge in [0, 0.05) is 0 Å². The molecular weight excluding hydrogens is 336 g/mol. The zero-order valence-electron chi connectivity index (χ0n) is 18.3. The lowest BCUT2D eigenvalue weighted by atomic mass is 9.72. The Balaban J connectivity index is 1.26. The molecule has 0 aromatic heterocycles. The Kier molecular flexibility index (Phi) is 6.76. The average molecular weight is 377 g/mol. The van der Waals surface area contributed by atoms with Crippen molar-refractivity contribution in [1.29, 1.82) is 0 Å². The normalized spacial score (nSPS) is 28.5. The molecule has 0 unspecified atom stereocenters. The Labute approximate surface area is 173 Å². The van der Waals surface area contributed by atoms with E-state index in [0.29, 0.717) is 0 Å². The molecule has 2 saturated carbocycles. The van der Waals surface area contributed by atoms with E-state index in [1.807, 2.05) is 0 Å². The van der Waals surface area contributed by atoms with Crippen LogP contribution in [0.1, 0.15) is 89.2 Å². The third-order valence-corrected chi connectivity index (χ3v) is 8.08. The van der Waals surface area contributed by atoms with E-state index in [2.05, 4.69) is 50.2 Å². The first kappa shape index (κ1) is 20.0. The average Bonchev–Trinajstić information content (AvgIpc) is 2.75. The van der Waals surface area contributed by atoms with E-state index in [1.165, 1.54) is 80.5 Å². The van der Waals surface area contributed by atoms with Gasteiger partial charge in [0.1, 0.15) is 0 Å². The van der Waals surface area contributed by atoms with Gasteiger partial charge in [0.15, 0.2) is 0 Å². The minimum Gasteiger partial charge on any atom is -0.0651 e. The Morgan fingerprint density at radius 1 is 0.607 bits per heavy atom. The third kappa shape index (κ3) is 5.00. The van der Waals surface area contributed by atoms with Crippen LogP contribution in [0.3, 0.4) is 0 Å². The lowest BCUT2D eigenvalue weighted by Crippen LogP contribution is -2.21. The molecule has 0 saturated heterocycles. The molecule has 0 radical (unpaired) electrons. The van der Waals surface area contributed by atoms with Crippen molar-refractivity contribution in [1.82, 2.24) is 0 Å². The van der Waals surface area contributed by atoms with Gasteiger partial charge in [0.05, 0.1) is 0 Å². The van der Waals surface area contributed by atoms with E-state index in [9.17, 15) is 0 Å². The molecule has 0 heterocycles. The highest BCUT2D eigenvalue weighted by Gasteiger charge is 2.26. The maximum atomic E-state index is 2.45. The summed E-state index contributed by atoms with van der Waals surface area (Å²) in [5.74, 6) is 4.04. The van der Waals surface area contributed by atoms with Gasteiger partial charge in [0.2, 0.25) is 0 Å².